The lowest BCUT2D eigenvalue weighted by atomic mass is 9.94. The molecular formula is C11H17NO5. The minimum Gasteiger partial charge on any atom is -0.465 e. The van der Waals surface area contributed by atoms with Crippen LogP contribution >= 0.6 is 0 Å². The second-order valence-electron chi connectivity index (χ2n) is 3.78. The van der Waals surface area contributed by atoms with Crippen LogP contribution in [0.5, 0.6) is 0 Å². The first-order valence-corrected chi connectivity index (χ1v) is 5.49. The molecule has 0 atom stereocenters. The molecule has 1 heterocycles. The number of hydrogen-bond donors (Lipinski definition) is 0. The number of methoxy groups -OCH3 is 2. The molecule has 0 aromatic rings. The third-order valence-electron chi connectivity index (χ3n) is 2.64. The van der Waals surface area contributed by atoms with E-state index in [1.165, 1.54) is 14.2 Å². The molecule has 0 N–H and O–H groups in total. The molecule has 1 aliphatic rings. The van der Waals surface area contributed by atoms with Crippen molar-refractivity contribution in [3.8, 4) is 0 Å². The smallest absolute Gasteiger partial charge is 0.433 e. The highest BCUT2D eigenvalue weighted by molar-refractivity contribution is 6.37. The van der Waals surface area contributed by atoms with Crippen LogP contribution in [0.25, 0.3) is 0 Å². The highest BCUT2D eigenvalue weighted by atomic mass is 16.5. The van der Waals surface area contributed by atoms with Gasteiger partial charge in [-0.15, -0.1) is 0 Å². The number of ether oxygens (including phenoxy) is 3. The molecule has 1 fully saturated rings. The molecule has 1 amide bonds. The van der Waals surface area contributed by atoms with Gasteiger partial charge in [-0.1, -0.05) is 0 Å². The fourth-order valence-corrected chi connectivity index (χ4v) is 1.67. The number of rotatable bonds is 3. The number of hydrogen-bond acceptors (Lipinski definition) is 5. The fraction of sp³-hybridized carbons (Fsp3) is 0.727. The summed E-state index contributed by atoms with van der Waals surface area (Å²) in [7, 11) is 2.48. The predicted octanol–water partition coefficient (Wildman–Crippen LogP) is 1.18. The first-order chi connectivity index (χ1) is 8.17. The zero-order chi connectivity index (χ0) is 12.7. The lowest BCUT2D eigenvalue weighted by molar-refractivity contribution is -0.133. The van der Waals surface area contributed by atoms with E-state index < -0.39 is 12.1 Å². The largest absolute Gasteiger partial charge is 0.465 e. The van der Waals surface area contributed by atoms with Crippen molar-refractivity contribution in [2.24, 2.45) is 10.9 Å². The Hall–Kier alpha value is -1.43. The van der Waals surface area contributed by atoms with E-state index in [-0.39, 0.29) is 5.71 Å². The average Bonchev–Trinajstić information content (AvgIpc) is 2.38. The molecule has 17 heavy (non-hydrogen) atoms. The predicted molar refractivity (Wildman–Crippen MR) is 60.0 cm³/mol. The minimum atomic E-state index is -0.780. The Labute approximate surface area is 99.9 Å². The molecule has 1 aliphatic heterocycles. The van der Waals surface area contributed by atoms with Crippen molar-refractivity contribution in [3.05, 3.63) is 0 Å². The second kappa shape index (κ2) is 7.01. The van der Waals surface area contributed by atoms with E-state index in [0.29, 0.717) is 25.6 Å². The summed E-state index contributed by atoms with van der Waals surface area (Å²) in [4.78, 5) is 26.1. The Bertz CT molecular complexity index is 307. The zero-order valence-electron chi connectivity index (χ0n) is 10.1. The van der Waals surface area contributed by atoms with Crippen molar-refractivity contribution in [2.75, 3.05) is 27.4 Å². The van der Waals surface area contributed by atoms with Crippen LogP contribution in [0.1, 0.15) is 19.3 Å². The molecule has 0 aromatic carbocycles. The van der Waals surface area contributed by atoms with Gasteiger partial charge in [0.25, 0.3) is 0 Å². The van der Waals surface area contributed by atoms with Gasteiger partial charge in [0.15, 0.2) is 0 Å². The number of amides is 1. The topological polar surface area (TPSA) is 74.2 Å². The maximum Gasteiger partial charge on any atom is 0.433 e. The van der Waals surface area contributed by atoms with E-state index in [9.17, 15) is 9.59 Å². The number of aliphatic imine (C=N–C) groups is 1. The molecule has 0 saturated carbocycles. The van der Waals surface area contributed by atoms with E-state index >= 15 is 0 Å². The molecular weight excluding hydrogens is 226 g/mol. The van der Waals surface area contributed by atoms with E-state index in [4.69, 9.17) is 4.74 Å². The van der Waals surface area contributed by atoms with Crippen LogP contribution in [0.3, 0.4) is 0 Å². The molecule has 1 rings (SSSR count). The minimum absolute atomic E-state index is 0.117. The number of carbonyl (C=O) groups excluding carboxylic acids is 2. The summed E-state index contributed by atoms with van der Waals surface area (Å²) in [6.07, 6.45) is 1.36. The Kier molecular flexibility index (Phi) is 5.62. The van der Waals surface area contributed by atoms with Crippen LogP contribution < -0.4 is 0 Å². The van der Waals surface area contributed by atoms with Crippen LogP contribution in [0, 0.1) is 5.92 Å². The van der Waals surface area contributed by atoms with Crippen LogP contribution in [0.15, 0.2) is 4.99 Å². The van der Waals surface area contributed by atoms with E-state index in [2.05, 4.69) is 14.5 Å². The van der Waals surface area contributed by atoms with Gasteiger partial charge in [-0.25, -0.2) is 9.59 Å². The first kappa shape index (κ1) is 13.6. The van der Waals surface area contributed by atoms with Crippen molar-refractivity contribution in [2.45, 2.75) is 19.3 Å². The summed E-state index contributed by atoms with van der Waals surface area (Å²) in [5, 5.41) is 0. The number of carbonyl (C=O) groups is 2. The van der Waals surface area contributed by atoms with Crippen LogP contribution in [-0.4, -0.2) is 45.2 Å². The molecule has 0 aromatic heterocycles. The van der Waals surface area contributed by atoms with Gasteiger partial charge in [-0.3, -0.25) is 0 Å². The SMILES string of the molecule is COC(=O)N=C(CC1CCOCC1)C(=O)OC. The van der Waals surface area contributed by atoms with E-state index in [0.717, 1.165) is 12.8 Å². The Morgan fingerprint density at radius 2 is 1.88 bits per heavy atom. The van der Waals surface area contributed by atoms with Crippen LogP contribution in [0.4, 0.5) is 4.79 Å². The summed E-state index contributed by atoms with van der Waals surface area (Å²) in [6, 6.07) is 0. The van der Waals surface area contributed by atoms with Gasteiger partial charge in [0.1, 0.15) is 5.71 Å². The van der Waals surface area contributed by atoms with Gasteiger partial charge >= 0.3 is 12.1 Å². The zero-order valence-corrected chi connectivity index (χ0v) is 10.1. The van der Waals surface area contributed by atoms with Gasteiger partial charge in [-0.05, 0) is 18.8 Å². The molecule has 6 nitrogen and oxygen atoms in total. The van der Waals surface area contributed by atoms with E-state index in [1.807, 2.05) is 0 Å². The van der Waals surface area contributed by atoms with Crippen molar-refractivity contribution >= 4 is 17.8 Å². The molecule has 0 aliphatic carbocycles. The van der Waals surface area contributed by atoms with Gasteiger partial charge in [0, 0.05) is 19.6 Å². The van der Waals surface area contributed by atoms with Crippen LogP contribution in [-0.2, 0) is 19.0 Å². The maximum absolute atomic E-state index is 11.4. The molecule has 0 unspecified atom stereocenters. The first-order valence-electron chi connectivity index (χ1n) is 5.49. The number of nitrogens with zero attached hydrogens (tertiary/aromatic N) is 1. The Morgan fingerprint density at radius 1 is 1.24 bits per heavy atom. The number of esters is 1. The average molecular weight is 243 g/mol. The maximum atomic E-state index is 11.4. The lowest BCUT2D eigenvalue weighted by Gasteiger charge is -2.21. The third-order valence-corrected chi connectivity index (χ3v) is 2.64. The highest BCUT2D eigenvalue weighted by Gasteiger charge is 2.22. The Morgan fingerprint density at radius 3 is 2.41 bits per heavy atom. The van der Waals surface area contributed by atoms with Crippen molar-refractivity contribution in [3.63, 3.8) is 0 Å². The highest BCUT2D eigenvalue weighted by Crippen LogP contribution is 2.19. The van der Waals surface area contributed by atoms with Gasteiger partial charge in [0.2, 0.25) is 0 Å². The van der Waals surface area contributed by atoms with Crippen molar-refractivity contribution < 1.29 is 23.8 Å². The van der Waals surface area contributed by atoms with Gasteiger partial charge in [-0.2, -0.15) is 4.99 Å². The molecule has 96 valence electrons. The second-order valence-corrected chi connectivity index (χ2v) is 3.78. The summed E-state index contributed by atoms with van der Waals surface area (Å²) in [5.74, 6) is -0.284. The molecule has 0 spiro atoms. The summed E-state index contributed by atoms with van der Waals surface area (Å²) >= 11 is 0. The van der Waals surface area contributed by atoms with Crippen molar-refractivity contribution in [1.82, 2.24) is 0 Å². The van der Waals surface area contributed by atoms with Gasteiger partial charge in [0.05, 0.1) is 14.2 Å². The standard InChI is InChI=1S/C11H17NO5/c1-15-10(13)9(12-11(14)16-2)7-8-3-5-17-6-4-8/h8H,3-7H2,1-2H3. The molecule has 0 radical (unpaired) electrons. The molecule has 1 saturated heterocycles. The quantitative estimate of drug-likeness (QED) is 0.549. The van der Waals surface area contributed by atoms with Gasteiger partial charge < -0.3 is 14.2 Å². The Balaban J connectivity index is 2.65. The van der Waals surface area contributed by atoms with Crippen molar-refractivity contribution in [1.29, 1.82) is 0 Å². The lowest BCUT2D eigenvalue weighted by Crippen LogP contribution is -2.24. The summed E-state index contributed by atoms with van der Waals surface area (Å²) in [6.45, 7) is 1.36. The normalized spacial score (nSPS) is 17.6. The summed E-state index contributed by atoms with van der Waals surface area (Å²) in [5.41, 5.74) is 0.117. The molecule has 6 heteroatoms. The van der Waals surface area contributed by atoms with E-state index in [1.54, 1.807) is 0 Å². The summed E-state index contributed by atoms with van der Waals surface area (Å²) < 4.78 is 14.2. The third kappa shape index (κ3) is 4.52. The fourth-order valence-electron chi connectivity index (χ4n) is 1.67. The monoisotopic (exact) mass is 243 g/mol. The molecule has 0 bridgehead atoms. The van der Waals surface area contributed by atoms with Crippen LogP contribution in [0.2, 0.25) is 0 Å².